The highest BCUT2D eigenvalue weighted by atomic mass is 79.9. The van der Waals surface area contributed by atoms with Crippen LogP contribution in [0.1, 0.15) is 24.1 Å². The Morgan fingerprint density at radius 1 is 1.10 bits per heavy atom. The molecule has 0 heterocycles. The molecule has 0 aromatic heterocycles. The van der Waals surface area contributed by atoms with E-state index in [0.29, 0.717) is 13.1 Å². The summed E-state index contributed by atoms with van der Waals surface area (Å²) in [6.45, 7) is 2.91. The van der Waals surface area contributed by atoms with Crippen molar-refractivity contribution in [3.8, 4) is 0 Å². The van der Waals surface area contributed by atoms with E-state index in [-0.39, 0.29) is 11.9 Å². The summed E-state index contributed by atoms with van der Waals surface area (Å²) in [6, 6.07) is 18.0. The maximum absolute atomic E-state index is 11.9. The molecule has 2 rings (SSSR count). The van der Waals surface area contributed by atoms with Crippen molar-refractivity contribution < 1.29 is 4.79 Å². The zero-order valence-electron chi connectivity index (χ0n) is 12.0. The Kier molecular flexibility index (Phi) is 5.96. The van der Waals surface area contributed by atoms with Gasteiger partial charge in [-0.3, -0.25) is 4.79 Å². The Bertz CT molecular complexity index is 586. The topological polar surface area (TPSA) is 41.1 Å². The molecule has 0 saturated carbocycles. The molecule has 1 atom stereocenters. The number of rotatable bonds is 6. The average Bonchev–Trinajstić information content (AvgIpc) is 2.52. The van der Waals surface area contributed by atoms with Crippen LogP contribution in [0.4, 0.5) is 0 Å². The van der Waals surface area contributed by atoms with Gasteiger partial charge in [0, 0.05) is 17.1 Å². The second-order valence-corrected chi connectivity index (χ2v) is 5.74. The minimum absolute atomic E-state index is 0.00208. The van der Waals surface area contributed by atoms with Gasteiger partial charge in [0.05, 0.1) is 6.54 Å². The van der Waals surface area contributed by atoms with E-state index < -0.39 is 0 Å². The summed E-state index contributed by atoms with van der Waals surface area (Å²) >= 11 is 3.52. The van der Waals surface area contributed by atoms with Crippen LogP contribution in [0.2, 0.25) is 0 Å². The van der Waals surface area contributed by atoms with Gasteiger partial charge in [0.15, 0.2) is 0 Å². The van der Waals surface area contributed by atoms with Crippen LogP contribution in [-0.2, 0) is 11.3 Å². The SMILES string of the molecule is CC(NCC(=O)NCc1ccccc1)c1ccccc1Br. The van der Waals surface area contributed by atoms with Gasteiger partial charge in [-0.1, -0.05) is 64.5 Å². The van der Waals surface area contributed by atoms with Gasteiger partial charge in [0.25, 0.3) is 0 Å². The third-order valence-corrected chi connectivity index (χ3v) is 4.00. The van der Waals surface area contributed by atoms with E-state index in [9.17, 15) is 4.79 Å². The van der Waals surface area contributed by atoms with E-state index in [0.717, 1.165) is 15.6 Å². The fraction of sp³-hybridized carbons (Fsp3) is 0.235. The molecule has 2 aromatic carbocycles. The number of carbonyl (C=O) groups is 1. The first-order chi connectivity index (χ1) is 10.2. The van der Waals surface area contributed by atoms with Crippen LogP contribution in [0.25, 0.3) is 0 Å². The summed E-state index contributed by atoms with van der Waals surface area (Å²) in [6.07, 6.45) is 0. The molecule has 0 aliphatic rings. The standard InChI is InChI=1S/C17H19BrN2O/c1-13(15-9-5-6-10-16(15)18)19-12-17(21)20-11-14-7-3-2-4-8-14/h2-10,13,19H,11-12H2,1H3,(H,20,21). The Labute approximate surface area is 133 Å². The molecule has 1 amide bonds. The van der Waals surface area contributed by atoms with E-state index in [1.165, 1.54) is 0 Å². The lowest BCUT2D eigenvalue weighted by atomic mass is 10.1. The third-order valence-electron chi connectivity index (χ3n) is 3.27. The Balaban J connectivity index is 1.77. The van der Waals surface area contributed by atoms with Gasteiger partial charge in [0.1, 0.15) is 0 Å². The Morgan fingerprint density at radius 2 is 1.76 bits per heavy atom. The van der Waals surface area contributed by atoms with Crippen molar-refractivity contribution in [2.24, 2.45) is 0 Å². The van der Waals surface area contributed by atoms with E-state index in [1.54, 1.807) is 0 Å². The number of nitrogens with one attached hydrogen (secondary N) is 2. The van der Waals surface area contributed by atoms with Gasteiger partial charge in [-0.15, -0.1) is 0 Å². The molecule has 3 nitrogen and oxygen atoms in total. The summed E-state index contributed by atoms with van der Waals surface area (Å²) < 4.78 is 1.05. The maximum Gasteiger partial charge on any atom is 0.234 e. The summed E-state index contributed by atoms with van der Waals surface area (Å²) in [5.74, 6) is -0.00208. The Hall–Kier alpha value is -1.65. The summed E-state index contributed by atoms with van der Waals surface area (Å²) in [4.78, 5) is 11.9. The van der Waals surface area contributed by atoms with E-state index in [2.05, 4.69) is 26.6 Å². The molecule has 4 heteroatoms. The smallest absolute Gasteiger partial charge is 0.234 e. The first-order valence-electron chi connectivity index (χ1n) is 6.95. The minimum atomic E-state index is -0.00208. The van der Waals surface area contributed by atoms with Gasteiger partial charge in [0.2, 0.25) is 5.91 Å². The number of benzene rings is 2. The van der Waals surface area contributed by atoms with Gasteiger partial charge in [-0.2, -0.15) is 0 Å². The van der Waals surface area contributed by atoms with E-state index in [1.807, 2.05) is 61.5 Å². The van der Waals surface area contributed by atoms with Crippen molar-refractivity contribution in [3.63, 3.8) is 0 Å². The van der Waals surface area contributed by atoms with E-state index in [4.69, 9.17) is 0 Å². The van der Waals surface area contributed by atoms with Crippen molar-refractivity contribution in [2.45, 2.75) is 19.5 Å². The molecule has 21 heavy (non-hydrogen) atoms. The molecular formula is C17H19BrN2O. The fourth-order valence-electron chi connectivity index (χ4n) is 2.04. The molecule has 0 radical (unpaired) electrons. The third kappa shape index (κ3) is 4.99. The van der Waals surface area contributed by atoms with Gasteiger partial charge in [-0.05, 0) is 24.1 Å². The maximum atomic E-state index is 11.9. The predicted molar refractivity (Wildman–Crippen MR) is 88.8 cm³/mol. The molecule has 2 N–H and O–H groups in total. The second kappa shape index (κ2) is 7.96. The minimum Gasteiger partial charge on any atom is -0.351 e. The van der Waals surface area contributed by atoms with Crippen LogP contribution in [0.5, 0.6) is 0 Å². The molecule has 0 fully saturated rings. The molecule has 1 unspecified atom stereocenters. The molecule has 2 aromatic rings. The largest absolute Gasteiger partial charge is 0.351 e. The molecule has 0 saturated heterocycles. The molecule has 0 spiro atoms. The first-order valence-corrected chi connectivity index (χ1v) is 7.74. The lowest BCUT2D eigenvalue weighted by molar-refractivity contribution is -0.120. The molecule has 0 aliphatic heterocycles. The van der Waals surface area contributed by atoms with Crippen molar-refractivity contribution in [3.05, 3.63) is 70.2 Å². The zero-order chi connectivity index (χ0) is 15.1. The fourth-order valence-corrected chi connectivity index (χ4v) is 2.67. The number of halogens is 1. The molecule has 0 bridgehead atoms. The van der Waals surface area contributed by atoms with Crippen LogP contribution in [-0.4, -0.2) is 12.5 Å². The van der Waals surface area contributed by atoms with Crippen LogP contribution in [0, 0.1) is 0 Å². The number of hydrogen-bond donors (Lipinski definition) is 2. The van der Waals surface area contributed by atoms with Crippen molar-refractivity contribution in [2.75, 3.05) is 6.54 Å². The van der Waals surface area contributed by atoms with Crippen molar-refractivity contribution >= 4 is 21.8 Å². The van der Waals surface area contributed by atoms with Gasteiger partial charge >= 0.3 is 0 Å². The number of amides is 1. The zero-order valence-corrected chi connectivity index (χ0v) is 13.6. The highest BCUT2D eigenvalue weighted by Crippen LogP contribution is 2.22. The van der Waals surface area contributed by atoms with Crippen LogP contribution < -0.4 is 10.6 Å². The normalized spacial score (nSPS) is 11.9. The Morgan fingerprint density at radius 3 is 2.48 bits per heavy atom. The highest BCUT2D eigenvalue weighted by Gasteiger charge is 2.09. The molecule has 110 valence electrons. The lowest BCUT2D eigenvalue weighted by Gasteiger charge is -2.15. The summed E-state index contributed by atoms with van der Waals surface area (Å²) in [7, 11) is 0. The van der Waals surface area contributed by atoms with Crippen molar-refractivity contribution in [1.29, 1.82) is 0 Å². The summed E-state index contributed by atoms with van der Waals surface area (Å²) in [5.41, 5.74) is 2.25. The number of carbonyl (C=O) groups excluding carboxylic acids is 1. The highest BCUT2D eigenvalue weighted by molar-refractivity contribution is 9.10. The van der Waals surface area contributed by atoms with Gasteiger partial charge < -0.3 is 10.6 Å². The van der Waals surface area contributed by atoms with Gasteiger partial charge in [-0.25, -0.2) is 0 Å². The lowest BCUT2D eigenvalue weighted by Crippen LogP contribution is -2.34. The molecule has 0 aliphatic carbocycles. The predicted octanol–water partition coefficient (Wildman–Crippen LogP) is 3.42. The molecular weight excluding hydrogens is 328 g/mol. The second-order valence-electron chi connectivity index (χ2n) is 4.89. The average molecular weight is 347 g/mol. The number of hydrogen-bond acceptors (Lipinski definition) is 2. The summed E-state index contributed by atoms with van der Waals surface area (Å²) in [5, 5.41) is 6.14. The van der Waals surface area contributed by atoms with Crippen LogP contribution >= 0.6 is 15.9 Å². The van der Waals surface area contributed by atoms with E-state index >= 15 is 0 Å². The first kappa shape index (κ1) is 15.7. The monoisotopic (exact) mass is 346 g/mol. The van der Waals surface area contributed by atoms with Crippen LogP contribution in [0.3, 0.4) is 0 Å². The van der Waals surface area contributed by atoms with Crippen molar-refractivity contribution in [1.82, 2.24) is 10.6 Å². The quantitative estimate of drug-likeness (QED) is 0.841. The van der Waals surface area contributed by atoms with Crippen LogP contribution in [0.15, 0.2) is 59.1 Å².